The number of carbonyl (C=O) groups is 1. The number of aromatic nitrogens is 1. The normalized spacial score (nSPS) is 12.3. The fourth-order valence-electron chi connectivity index (χ4n) is 3.16. The second kappa shape index (κ2) is 9.92. The van der Waals surface area contributed by atoms with Crippen LogP contribution in [0.15, 0.2) is 16.9 Å². The van der Waals surface area contributed by atoms with Crippen LogP contribution in [0.5, 0.6) is 5.75 Å². The van der Waals surface area contributed by atoms with Gasteiger partial charge in [0.2, 0.25) is 0 Å². The highest BCUT2D eigenvalue weighted by Gasteiger charge is 2.24. The Morgan fingerprint density at radius 1 is 1.06 bits per heavy atom. The average molecular weight is 485 g/mol. The maximum atomic E-state index is 13.5. The number of pyridine rings is 1. The summed E-state index contributed by atoms with van der Waals surface area (Å²) in [4.78, 5) is 25.9. The van der Waals surface area contributed by atoms with Crippen molar-refractivity contribution in [3.8, 4) is 5.75 Å². The number of ether oxygens (including phenoxy) is 2. The zero-order valence-corrected chi connectivity index (χ0v) is 21.7. The second-order valence-electron chi connectivity index (χ2n) is 10.6. The van der Waals surface area contributed by atoms with E-state index in [2.05, 4.69) is 5.32 Å². The van der Waals surface area contributed by atoms with Crippen molar-refractivity contribution in [2.75, 3.05) is 6.61 Å². The largest absolute Gasteiger partial charge is 0.491 e. The first-order valence-corrected chi connectivity index (χ1v) is 11.5. The van der Waals surface area contributed by atoms with E-state index in [-0.39, 0.29) is 23.4 Å². The Bertz CT molecular complexity index is 1050. The highest BCUT2D eigenvalue weighted by Crippen LogP contribution is 2.35. The van der Waals surface area contributed by atoms with Gasteiger partial charge in [0.1, 0.15) is 11.4 Å². The first-order valence-electron chi connectivity index (χ1n) is 10.7. The van der Waals surface area contributed by atoms with Crippen molar-refractivity contribution >= 4 is 40.1 Å². The minimum Gasteiger partial charge on any atom is -0.491 e. The highest BCUT2D eigenvalue weighted by molar-refractivity contribution is 6.42. The number of nitrogens with one attached hydrogen (secondary N) is 1. The molecule has 1 N–H and O–H groups in total. The average Bonchev–Trinajstić information content (AvgIpc) is 2.61. The number of fused-ring (bicyclic) bond motifs is 1. The van der Waals surface area contributed by atoms with E-state index < -0.39 is 11.7 Å². The molecule has 0 spiro atoms. The summed E-state index contributed by atoms with van der Waals surface area (Å²) in [5.41, 5.74) is -0.502. The molecule has 2 aromatic rings. The van der Waals surface area contributed by atoms with Gasteiger partial charge in [-0.05, 0) is 44.2 Å². The number of alkyl carbamates (subject to hydrolysis) is 1. The van der Waals surface area contributed by atoms with Crippen LogP contribution in [0.3, 0.4) is 0 Å². The van der Waals surface area contributed by atoms with Gasteiger partial charge >= 0.3 is 6.09 Å². The fourth-order valence-corrected chi connectivity index (χ4v) is 3.48. The van der Waals surface area contributed by atoms with E-state index in [0.29, 0.717) is 45.4 Å². The Morgan fingerprint density at radius 2 is 1.62 bits per heavy atom. The zero-order chi connectivity index (χ0) is 24.4. The number of nitrogens with zero attached hydrogens (tertiary/aromatic N) is 1. The van der Waals surface area contributed by atoms with Crippen LogP contribution in [0.1, 0.15) is 61.1 Å². The van der Waals surface area contributed by atoms with Crippen LogP contribution < -0.4 is 15.6 Å². The molecule has 1 aromatic carbocycles. The lowest BCUT2D eigenvalue weighted by Crippen LogP contribution is -2.36. The summed E-state index contributed by atoms with van der Waals surface area (Å²) in [6.45, 7) is 16.5. The van der Waals surface area contributed by atoms with Crippen molar-refractivity contribution in [1.82, 2.24) is 9.88 Å². The van der Waals surface area contributed by atoms with Gasteiger partial charge in [-0.3, -0.25) is 4.79 Å². The lowest BCUT2D eigenvalue weighted by Gasteiger charge is -2.26. The highest BCUT2D eigenvalue weighted by atomic mass is 35.5. The molecule has 0 radical (unpaired) electrons. The molecule has 0 aliphatic heterocycles. The third-order valence-corrected chi connectivity index (χ3v) is 5.08. The molecule has 1 amide bonds. The smallest absolute Gasteiger partial charge is 0.407 e. The summed E-state index contributed by atoms with van der Waals surface area (Å²) in [7, 11) is 0. The molecular weight excluding hydrogens is 451 g/mol. The predicted molar refractivity (Wildman–Crippen MR) is 131 cm³/mol. The van der Waals surface area contributed by atoms with Gasteiger partial charge in [-0.2, -0.15) is 0 Å². The van der Waals surface area contributed by atoms with Crippen LogP contribution in [-0.4, -0.2) is 22.9 Å². The maximum absolute atomic E-state index is 13.5. The summed E-state index contributed by atoms with van der Waals surface area (Å²) in [5, 5.41) is 4.38. The van der Waals surface area contributed by atoms with Crippen LogP contribution in [0.25, 0.3) is 10.8 Å². The molecule has 2 rings (SSSR count). The van der Waals surface area contributed by atoms with Gasteiger partial charge in [0, 0.05) is 11.9 Å². The quantitative estimate of drug-likeness (QED) is 0.513. The molecule has 0 atom stereocenters. The Balaban J connectivity index is 2.72. The van der Waals surface area contributed by atoms with E-state index in [0.717, 1.165) is 0 Å². The molecule has 0 saturated heterocycles. The topological polar surface area (TPSA) is 69.6 Å². The standard InChI is InChI=1S/C24H34Cl2N2O4/c1-14(2)12-31-20-15-9-17(25)18(26)10-16(15)21(29)28(13-23(3,4)5)19(20)11-27-22(30)32-24(6,7)8/h9-10,14H,11-13H2,1-8H3,(H,27,30). The molecule has 6 nitrogen and oxygen atoms in total. The van der Waals surface area contributed by atoms with Crippen LogP contribution in [0.2, 0.25) is 10.0 Å². The zero-order valence-electron chi connectivity index (χ0n) is 20.2. The monoisotopic (exact) mass is 484 g/mol. The summed E-state index contributed by atoms with van der Waals surface area (Å²) < 4.78 is 13.2. The van der Waals surface area contributed by atoms with Crippen molar-refractivity contribution in [3.05, 3.63) is 38.2 Å². The molecule has 32 heavy (non-hydrogen) atoms. The minimum atomic E-state index is -0.639. The van der Waals surface area contributed by atoms with Crippen LogP contribution in [0, 0.1) is 11.3 Å². The SMILES string of the molecule is CC(C)COc1c(CNC(=O)OC(C)(C)C)n(CC(C)(C)C)c(=O)c2cc(Cl)c(Cl)cc12. The van der Waals surface area contributed by atoms with Crippen molar-refractivity contribution in [2.24, 2.45) is 11.3 Å². The van der Waals surface area contributed by atoms with Gasteiger partial charge in [-0.1, -0.05) is 57.8 Å². The lowest BCUT2D eigenvalue weighted by molar-refractivity contribution is 0.0521. The summed E-state index contributed by atoms with van der Waals surface area (Å²) >= 11 is 12.5. The number of carbonyl (C=O) groups excluding carboxylic acids is 1. The molecule has 0 fully saturated rings. The van der Waals surface area contributed by atoms with E-state index >= 15 is 0 Å². The number of rotatable bonds is 6. The van der Waals surface area contributed by atoms with Gasteiger partial charge < -0.3 is 19.4 Å². The third kappa shape index (κ3) is 7.04. The van der Waals surface area contributed by atoms with Gasteiger partial charge in [-0.15, -0.1) is 0 Å². The molecule has 1 aromatic heterocycles. The third-order valence-electron chi connectivity index (χ3n) is 4.36. The molecular formula is C24H34Cl2N2O4. The van der Waals surface area contributed by atoms with Crippen LogP contribution in [-0.2, 0) is 17.8 Å². The number of halogens is 2. The van der Waals surface area contributed by atoms with E-state index in [9.17, 15) is 9.59 Å². The van der Waals surface area contributed by atoms with Crippen molar-refractivity contribution in [1.29, 1.82) is 0 Å². The Morgan fingerprint density at radius 3 is 2.12 bits per heavy atom. The number of benzene rings is 1. The molecule has 0 saturated carbocycles. The molecule has 8 heteroatoms. The molecule has 1 heterocycles. The number of hydrogen-bond acceptors (Lipinski definition) is 4. The molecule has 0 bridgehead atoms. The Kier molecular flexibility index (Phi) is 8.16. The van der Waals surface area contributed by atoms with Crippen LogP contribution in [0.4, 0.5) is 4.79 Å². The van der Waals surface area contributed by atoms with Crippen molar-refractivity contribution < 1.29 is 14.3 Å². The summed E-state index contributed by atoms with van der Waals surface area (Å²) in [6.07, 6.45) is -0.573. The number of amides is 1. The van der Waals surface area contributed by atoms with Crippen molar-refractivity contribution in [2.45, 2.75) is 74.1 Å². The number of hydrogen-bond donors (Lipinski definition) is 1. The minimum absolute atomic E-state index is 0.0594. The predicted octanol–water partition coefficient (Wildman–Crippen LogP) is 6.41. The first-order chi connectivity index (χ1) is 14.6. The van der Waals surface area contributed by atoms with Gasteiger partial charge in [-0.25, -0.2) is 4.79 Å². The fraction of sp³-hybridized carbons (Fsp3) is 0.583. The summed E-state index contributed by atoms with van der Waals surface area (Å²) in [5.74, 6) is 0.759. The maximum Gasteiger partial charge on any atom is 0.407 e. The second-order valence-corrected chi connectivity index (χ2v) is 11.4. The van der Waals surface area contributed by atoms with Gasteiger partial charge in [0.15, 0.2) is 0 Å². The molecule has 0 aliphatic rings. The van der Waals surface area contributed by atoms with E-state index in [4.69, 9.17) is 32.7 Å². The van der Waals surface area contributed by atoms with Gasteiger partial charge in [0.25, 0.3) is 5.56 Å². The van der Waals surface area contributed by atoms with Gasteiger partial charge in [0.05, 0.1) is 34.3 Å². The van der Waals surface area contributed by atoms with Crippen molar-refractivity contribution in [3.63, 3.8) is 0 Å². The van der Waals surface area contributed by atoms with E-state index in [1.54, 1.807) is 37.5 Å². The van der Waals surface area contributed by atoms with E-state index in [1.807, 2.05) is 34.6 Å². The first kappa shape index (κ1) is 26.3. The Hall–Kier alpha value is -1.92. The summed E-state index contributed by atoms with van der Waals surface area (Å²) in [6, 6.07) is 3.22. The lowest BCUT2D eigenvalue weighted by atomic mass is 9.96. The molecule has 0 unspecified atom stereocenters. The molecule has 178 valence electrons. The molecule has 0 aliphatic carbocycles. The Labute approximate surface area is 200 Å². The van der Waals surface area contributed by atoms with Crippen LogP contribution >= 0.6 is 23.2 Å². The van der Waals surface area contributed by atoms with E-state index in [1.165, 1.54) is 0 Å².